The molecule has 4 fully saturated rings. The highest BCUT2D eigenvalue weighted by Gasteiger charge is 2.71. The Balaban J connectivity index is 1.68. The van der Waals surface area contributed by atoms with Crippen LogP contribution in [0.4, 0.5) is 0 Å². The van der Waals surface area contributed by atoms with Crippen molar-refractivity contribution in [1.29, 1.82) is 0 Å². The highest BCUT2D eigenvalue weighted by atomic mass is 14.8. The molecule has 4 rings (SSSR count). The minimum Gasteiger partial charge on any atom is -0.0620 e. The molecule has 8 unspecified atom stereocenters. The van der Waals surface area contributed by atoms with Gasteiger partial charge in [-0.05, 0) is 65.6 Å². The van der Waals surface area contributed by atoms with E-state index in [1.54, 1.807) is 6.42 Å². The van der Waals surface area contributed by atoms with Crippen LogP contribution < -0.4 is 0 Å². The summed E-state index contributed by atoms with van der Waals surface area (Å²) in [6.07, 6.45) is 1.62. The smallest absolute Gasteiger partial charge is 0.0321 e. The van der Waals surface area contributed by atoms with Gasteiger partial charge in [-0.15, -0.1) is 0 Å². The van der Waals surface area contributed by atoms with Gasteiger partial charge in [0, 0.05) is 0 Å². The lowest BCUT2D eigenvalue weighted by molar-refractivity contribution is -0.158. The highest BCUT2D eigenvalue weighted by molar-refractivity contribution is 5.18. The van der Waals surface area contributed by atoms with E-state index in [0.29, 0.717) is 0 Å². The van der Waals surface area contributed by atoms with Crippen LogP contribution in [0.3, 0.4) is 0 Å². The number of hydrogen-bond acceptors (Lipinski definition) is 0. The molecule has 4 saturated carbocycles. The molecule has 0 radical (unpaired) electrons. The number of rotatable bonds is 0. The topological polar surface area (TPSA) is 0 Å². The Morgan fingerprint density at radius 1 is 0.533 bits per heavy atom. The van der Waals surface area contributed by atoms with Gasteiger partial charge in [-0.25, -0.2) is 0 Å². The standard InChI is InChI=1S/C15H24/c1-6-7(2)13-11-5-10(12(6)13)14-8(3)9(4)15(11)14/h6-15H,5H2,1-4H3. The van der Waals surface area contributed by atoms with Gasteiger partial charge >= 0.3 is 0 Å². The number of hydrogen-bond donors (Lipinski definition) is 0. The van der Waals surface area contributed by atoms with E-state index >= 15 is 0 Å². The molecule has 0 aromatic heterocycles. The fourth-order valence-electron chi connectivity index (χ4n) is 6.67. The molecule has 2 bridgehead atoms. The summed E-state index contributed by atoms with van der Waals surface area (Å²) in [4.78, 5) is 0. The summed E-state index contributed by atoms with van der Waals surface area (Å²) >= 11 is 0. The third-order valence-corrected chi connectivity index (χ3v) is 7.50. The second-order valence-corrected chi connectivity index (χ2v) is 7.31. The minimum absolute atomic E-state index is 1.05. The summed E-state index contributed by atoms with van der Waals surface area (Å²) in [7, 11) is 0. The van der Waals surface area contributed by atoms with Gasteiger partial charge in [0.25, 0.3) is 0 Å². The van der Waals surface area contributed by atoms with Gasteiger partial charge in [-0.3, -0.25) is 0 Å². The second kappa shape index (κ2) is 2.46. The average Bonchev–Trinajstić information content (AvgIpc) is 2.76. The van der Waals surface area contributed by atoms with E-state index in [9.17, 15) is 0 Å². The first kappa shape index (κ1) is 9.07. The van der Waals surface area contributed by atoms with Gasteiger partial charge in [0.05, 0.1) is 0 Å². The highest BCUT2D eigenvalue weighted by Crippen LogP contribution is 2.76. The van der Waals surface area contributed by atoms with Crippen molar-refractivity contribution in [2.24, 2.45) is 59.2 Å². The first-order valence-corrected chi connectivity index (χ1v) is 7.13. The van der Waals surface area contributed by atoms with E-state index < -0.39 is 0 Å². The zero-order chi connectivity index (χ0) is 10.5. The van der Waals surface area contributed by atoms with Gasteiger partial charge in [0.2, 0.25) is 0 Å². The largest absolute Gasteiger partial charge is 0.0620 e. The van der Waals surface area contributed by atoms with E-state index in [0.717, 1.165) is 59.2 Å². The van der Waals surface area contributed by atoms with E-state index in [1.165, 1.54) is 0 Å². The van der Waals surface area contributed by atoms with Crippen molar-refractivity contribution in [3.05, 3.63) is 0 Å². The molecule has 0 saturated heterocycles. The Kier molecular flexibility index (Phi) is 1.49. The fraction of sp³-hybridized carbons (Fsp3) is 1.00. The van der Waals surface area contributed by atoms with Crippen molar-refractivity contribution < 1.29 is 0 Å². The Bertz CT molecular complexity index is 249. The van der Waals surface area contributed by atoms with Crippen LogP contribution in [0, 0.1) is 59.2 Å². The van der Waals surface area contributed by atoms with Gasteiger partial charge in [-0.1, -0.05) is 27.7 Å². The summed E-state index contributed by atoms with van der Waals surface area (Å²) in [6, 6.07) is 0. The van der Waals surface area contributed by atoms with Crippen LogP contribution in [0.2, 0.25) is 0 Å². The molecule has 0 amide bonds. The summed E-state index contributed by atoms with van der Waals surface area (Å²) in [5.41, 5.74) is 0. The molecular formula is C15H24. The van der Waals surface area contributed by atoms with Crippen molar-refractivity contribution in [2.45, 2.75) is 34.1 Å². The molecule has 0 heteroatoms. The lowest BCUT2D eigenvalue weighted by Gasteiger charge is -2.63. The van der Waals surface area contributed by atoms with Crippen molar-refractivity contribution >= 4 is 0 Å². The van der Waals surface area contributed by atoms with Crippen molar-refractivity contribution in [2.75, 3.05) is 0 Å². The molecule has 4 aliphatic rings. The third-order valence-electron chi connectivity index (χ3n) is 7.50. The van der Waals surface area contributed by atoms with Crippen LogP contribution >= 0.6 is 0 Å². The molecule has 8 atom stereocenters. The predicted octanol–water partition coefficient (Wildman–Crippen LogP) is 3.67. The molecule has 0 aromatic rings. The minimum atomic E-state index is 1.05. The SMILES string of the molecule is CC1C(C)C2C3CC(C12)C1C(C)C(C)C31. The normalized spacial score (nSPS) is 74.4. The van der Waals surface area contributed by atoms with Gasteiger partial charge in [0.15, 0.2) is 0 Å². The lowest BCUT2D eigenvalue weighted by atomic mass is 9.42. The van der Waals surface area contributed by atoms with Crippen molar-refractivity contribution in [3.63, 3.8) is 0 Å². The van der Waals surface area contributed by atoms with E-state index in [2.05, 4.69) is 27.7 Å². The Hall–Kier alpha value is 0. The molecule has 4 aliphatic carbocycles. The molecular weight excluding hydrogens is 180 g/mol. The monoisotopic (exact) mass is 204 g/mol. The molecule has 15 heavy (non-hydrogen) atoms. The van der Waals surface area contributed by atoms with Crippen LogP contribution in [-0.4, -0.2) is 0 Å². The van der Waals surface area contributed by atoms with Crippen LogP contribution in [0.15, 0.2) is 0 Å². The lowest BCUT2D eigenvalue weighted by Crippen LogP contribution is -2.59. The molecule has 0 heterocycles. The van der Waals surface area contributed by atoms with E-state index in [1.807, 2.05) is 0 Å². The summed E-state index contributed by atoms with van der Waals surface area (Å²) in [5.74, 6) is 11.1. The molecule has 84 valence electrons. The predicted molar refractivity (Wildman–Crippen MR) is 62.2 cm³/mol. The second-order valence-electron chi connectivity index (χ2n) is 7.31. The molecule has 0 spiro atoms. The first-order chi connectivity index (χ1) is 7.13. The maximum Gasteiger partial charge on any atom is -0.0321 e. The Labute approximate surface area is 93.8 Å². The first-order valence-electron chi connectivity index (χ1n) is 7.13. The molecule has 0 N–H and O–H groups in total. The van der Waals surface area contributed by atoms with Crippen LogP contribution in [0.25, 0.3) is 0 Å². The Morgan fingerprint density at radius 3 is 1.07 bits per heavy atom. The van der Waals surface area contributed by atoms with E-state index in [4.69, 9.17) is 0 Å². The Morgan fingerprint density at radius 2 is 0.800 bits per heavy atom. The van der Waals surface area contributed by atoms with Gasteiger partial charge in [-0.2, -0.15) is 0 Å². The summed E-state index contributed by atoms with van der Waals surface area (Å²) < 4.78 is 0. The zero-order valence-corrected chi connectivity index (χ0v) is 10.5. The number of fused-ring (bicyclic) bond motifs is 8. The van der Waals surface area contributed by atoms with Crippen molar-refractivity contribution in [3.8, 4) is 0 Å². The van der Waals surface area contributed by atoms with E-state index in [-0.39, 0.29) is 0 Å². The third kappa shape index (κ3) is 0.746. The molecule has 0 nitrogen and oxygen atoms in total. The van der Waals surface area contributed by atoms with Crippen LogP contribution in [0.5, 0.6) is 0 Å². The summed E-state index contributed by atoms with van der Waals surface area (Å²) in [5, 5.41) is 0. The van der Waals surface area contributed by atoms with Crippen LogP contribution in [-0.2, 0) is 0 Å². The maximum atomic E-state index is 2.52. The molecule has 0 aromatic carbocycles. The molecule has 0 aliphatic heterocycles. The van der Waals surface area contributed by atoms with Gasteiger partial charge in [0.1, 0.15) is 0 Å². The average molecular weight is 204 g/mol. The van der Waals surface area contributed by atoms with Gasteiger partial charge < -0.3 is 0 Å². The quantitative estimate of drug-likeness (QED) is 0.565. The summed E-state index contributed by atoms with van der Waals surface area (Å²) in [6.45, 7) is 10.1. The zero-order valence-electron chi connectivity index (χ0n) is 10.5. The van der Waals surface area contributed by atoms with Crippen LogP contribution in [0.1, 0.15) is 34.1 Å². The van der Waals surface area contributed by atoms with Crippen molar-refractivity contribution in [1.82, 2.24) is 0 Å². The fourth-order valence-corrected chi connectivity index (χ4v) is 6.67. The maximum absolute atomic E-state index is 2.52.